The van der Waals surface area contributed by atoms with Crippen molar-refractivity contribution in [1.29, 1.82) is 0 Å². The van der Waals surface area contributed by atoms with Crippen LogP contribution in [0.5, 0.6) is 11.5 Å². The summed E-state index contributed by atoms with van der Waals surface area (Å²) in [6.07, 6.45) is 1.74. The van der Waals surface area contributed by atoms with Crippen molar-refractivity contribution in [3.05, 3.63) is 23.8 Å². The fourth-order valence-electron chi connectivity index (χ4n) is 1.72. The van der Waals surface area contributed by atoms with E-state index in [0.717, 1.165) is 29.9 Å². The molecule has 3 N–H and O–H groups in total. The molecule has 0 heterocycles. The number of benzene rings is 1. The highest BCUT2D eigenvalue weighted by molar-refractivity contribution is 6.17. The van der Waals surface area contributed by atoms with Crippen molar-refractivity contribution >= 4 is 11.6 Å². The third-order valence-electron chi connectivity index (χ3n) is 2.64. The van der Waals surface area contributed by atoms with Crippen LogP contribution in [0.3, 0.4) is 0 Å². The third-order valence-corrected chi connectivity index (χ3v) is 2.91. The zero-order valence-electron chi connectivity index (χ0n) is 10.2. The molecular weight excluding hydrogens is 240 g/mol. The van der Waals surface area contributed by atoms with E-state index in [1.165, 1.54) is 0 Å². The van der Waals surface area contributed by atoms with Crippen molar-refractivity contribution in [1.82, 2.24) is 5.43 Å². The van der Waals surface area contributed by atoms with Gasteiger partial charge in [0, 0.05) is 17.5 Å². The molecule has 0 fully saturated rings. The second kappa shape index (κ2) is 7.37. The number of alkyl halides is 1. The summed E-state index contributed by atoms with van der Waals surface area (Å²) < 4.78 is 10.5. The van der Waals surface area contributed by atoms with Crippen molar-refractivity contribution in [2.75, 3.05) is 20.1 Å². The Morgan fingerprint density at radius 2 is 2.12 bits per heavy atom. The van der Waals surface area contributed by atoms with Gasteiger partial charge in [-0.3, -0.25) is 11.3 Å². The van der Waals surface area contributed by atoms with Crippen LogP contribution in [-0.4, -0.2) is 20.1 Å². The number of halogens is 1. The maximum Gasteiger partial charge on any atom is 0.123 e. The van der Waals surface area contributed by atoms with Gasteiger partial charge in [-0.1, -0.05) is 0 Å². The lowest BCUT2D eigenvalue weighted by atomic mass is 10.0. The largest absolute Gasteiger partial charge is 0.497 e. The van der Waals surface area contributed by atoms with Crippen LogP contribution in [0.4, 0.5) is 0 Å². The summed E-state index contributed by atoms with van der Waals surface area (Å²) in [7, 11) is 3.27. The Balaban J connectivity index is 2.97. The number of ether oxygens (including phenoxy) is 2. The summed E-state index contributed by atoms with van der Waals surface area (Å²) in [5.41, 5.74) is 3.77. The van der Waals surface area contributed by atoms with Crippen molar-refractivity contribution in [2.24, 2.45) is 5.84 Å². The van der Waals surface area contributed by atoms with Crippen molar-refractivity contribution in [3.8, 4) is 11.5 Å². The minimum atomic E-state index is 0.0128. The Kier molecular flexibility index (Phi) is 6.11. The maximum absolute atomic E-state index is 5.70. The molecule has 0 aliphatic carbocycles. The second-order valence-corrected chi connectivity index (χ2v) is 4.04. The molecule has 1 rings (SSSR count). The Morgan fingerprint density at radius 3 is 2.65 bits per heavy atom. The van der Waals surface area contributed by atoms with Crippen LogP contribution in [0.25, 0.3) is 0 Å². The number of hydrazine groups is 1. The second-order valence-electron chi connectivity index (χ2n) is 3.66. The van der Waals surface area contributed by atoms with E-state index >= 15 is 0 Å². The van der Waals surface area contributed by atoms with E-state index in [2.05, 4.69) is 5.43 Å². The predicted molar refractivity (Wildman–Crippen MR) is 69.6 cm³/mol. The molecule has 96 valence electrons. The van der Waals surface area contributed by atoms with Gasteiger partial charge in [-0.2, -0.15) is 0 Å². The molecule has 5 heteroatoms. The zero-order valence-corrected chi connectivity index (χ0v) is 11.0. The highest BCUT2D eigenvalue weighted by Gasteiger charge is 2.15. The summed E-state index contributed by atoms with van der Waals surface area (Å²) in [6, 6.07) is 5.67. The Morgan fingerprint density at radius 1 is 1.35 bits per heavy atom. The van der Waals surface area contributed by atoms with Gasteiger partial charge in [0.1, 0.15) is 11.5 Å². The lowest BCUT2D eigenvalue weighted by molar-refractivity contribution is 0.386. The van der Waals surface area contributed by atoms with Crippen molar-refractivity contribution < 1.29 is 9.47 Å². The van der Waals surface area contributed by atoms with Gasteiger partial charge in [-0.05, 0) is 31.0 Å². The van der Waals surface area contributed by atoms with Crippen molar-refractivity contribution in [3.63, 3.8) is 0 Å². The SMILES string of the molecule is COc1ccc(OC)c(C(CCCCl)NN)c1. The van der Waals surface area contributed by atoms with Crippen LogP contribution < -0.4 is 20.7 Å². The average Bonchev–Trinajstić information content (AvgIpc) is 2.39. The molecule has 0 saturated carbocycles. The fraction of sp³-hybridized carbons (Fsp3) is 0.500. The molecular formula is C12H19ClN2O2. The van der Waals surface area contributed by atoms with Crippen molar-refractivity contribution in [2.45, 2.75) is 18.9 Å². The third kappa shape index (κ3) is 3.77. The smallest absolute Gasteiger partial charge is 0.123 e. The first-order chi connectivity index (χ1) is 8.26. The summed E-state index contributed by atoms with van der Waals surface area (Å²) in [5, 5.41) is 0. The molecule has 1 unspecified atom stereocenters. The van der Waals surface area contributed by atoms with E-state index in [1.54, 1.807) is 14.2 Å². The van der Waals surface area contributed by atoms with Crippen LogP contribution in [0, 0.1) is 0 Å². The molecule has 0 aromatic heterocycles. The zero-order chi connectivity index (χ0) is 12.7. The van der Waals surface area contributed by atoms with E-state index in [-0.39, 0.29) is 6.04 Å². The summed E-state index contributed by atoms with van der Waals surface area (Å²) in [4.78, 5) is 0. The number of rotatable bonds is 7. The monoisotopic (exact) mass is 258 g/mol. The normalized spacial score (nSPS) is 12.2. The summed E-state index contributed by atoms with van der Waals surface area (Å²) in [6.45, 7) is 0. The van der Waals surface area contributed by atoms with E-state index < -0.39 is 0 Å². The number of hydrogen-bond acceptors (Lipinski definition) is 4. The Labute approximate surface area is 107 Å². The van der Waals surface area contributed by atoms with E-state index in [1.807, 2.05) is 18.2 Å². The molecule has 0 aliphatic rings. The number of nitrogens with two attached hydrogens (primary N) is 1. The molecule has 1 aromatic carbocycles. The van der Waals surface area contributed by atoms with Gasteiger partial charge in [0.25, 0.3) is 0 Å². The van der Waals surface area contributed by atoms with E-state index in [0.29, 0.717) is 5.88 Å². The highest BCUT2D eigenvalue weighted by atomic mass is 35.5. The van der Waals surface area contributed by atoms with Crippen LogP contribution in [0.2, 0.25) is 0 Å². The lowest BCUT2D eigenvalue weighted by Crippen LogP contribution is -2.28. The molecule has 0 spiro atoms. The molecule has 0 bridgehead atoms. The molecule has 17 heavy (non-hydrogen) atoms. The topological polar surface area (TPSA) is 56.5 Å². The van der Waals surface area contributed by atoms with Crippen LogP contribution in [0.15, 0.2) is 18.2 Å². The van der Waals surface area contributed by atoms with Gasteiger partial charge in [-0.15, -0.1) is 11.6 Å². The van der Waals surface area contributed by atoms with E-state index in [9.17, 15) is 0 Å². The fourth-order valence-corrected chi connectivity index (χ4v) is 1.88. The number of methoxy groups -OCH3 is 2. The maximum atomic E-state index is 5.70. The standard InChI is InChI=1S/C12H19ClN2O2/c1-16-9-5-6-12(17-2)10(8-9)11(15-14)4-3-7-13/h5-6,8,11,15H,3-4,7,14H2,1-2H3. The van der Waals surface area contributed by atoms with Gasteiger partial charge in [0.2, 0.25) is 0 Å². The lowest BCUT2D eigenvalue weighted by Gasteiger charge is -2.19. The molecule has 1 atom stereocenters. The van der Waals surface area contributed by atoms with Gasteiger partial charge in [-0.25, -0.2) is 0 Å². The average molecular weight is 259 g/mol. The van der Waals surface area contributed by atoms with Crippen LogP contribution in [0.1, 0.15) is 24.4 Å². The molecule has 0 saturated heterocycles. The highest BCUT2D eigenvalue weighted by Crippen LogP contribution is 2.31. The minimum absolute atomic E-state index is 0.0128. The van der Waals surface area contributed by atoms with E-state index in [4.69, 9.17) is 26.9 Å². The minimum Gasteiger partial charge on any atom is -0.497 e. The van der Waals surface area contributed by atoms with Gasteiger partial charge in [0.15, 0.2) is 0 Å². The van der Waals surface area contributed by atoms with Crippen LogP contribution in [-0.2, 0) is 0 Å². The molecule has 1 aromatic rings. The molecule has 4 nitrogen and oxygen atoms in total. The Bertz CT molecular complexity index is 347. The molecule has 0 aliphatic heterocycles. The first kappa shape index (κ1) is 14.1. The van der Waals surface area contributed by atoms with Gasteiger partial charge < -0.3 is 9.47 Å². The quantitative estimate of drug-likeness (QED) is 0.447. The predicted octanol–water partition coefficient (Wildman–Crippen LogP) is 2.23. The number of nitrogens with one attached hydrogen (secondary N) is 1. The first-order valence-electron chi connectivity index (χ1n) is 5.50. The van der Waals surface area contributed by atoms with Crippen LogP contribution >= 0.6 is 11.6 Å². The number of hydrogen-bond donors (Lipinski definition) is 2. The van der Waals surface area contributed by atoms with Gasteiger partial charge in [0.05, 0.1) is 14.2 Å². The first-order valence-corrected chi connectivity index (χ1v) is 6.04. The summed E-state index contributed by atoms with van der Waals surface area (Å²) >= 11 is 5.70. The molecule has 0 amide bonds. The molecule has 0 radical (unpaired) electrons. The Hall–Kier alpha value is -0.970. The van der Waals surface area contributed by atoms with Gasteiger partial charge >= 0.3 is 0 Å². The summed E-state index contributed by atoms with van der Waals surface area (Å²) in [5.74, 6) is 7.77.